The molecule has 1 N–H and O–H groups in total. The van der Waals surface area contributed by atoms with E-state index in [0.29, 0.717) is 16.5 Å². The minimum atomic E-state index is -0.353. The molecule has 96 valence electrons. The smallest absolute Gasteiger partial charge is 0.322 e. The molecule has 0 fully saturated rings. The normalized spacial score (nSPS) is 10.6. The second kappa shape index (κ2) is 4.86. The second-order valence-corrected chi connectivity index (χ2v) is 5.23. The van der Waals surface area contributed by atoms with E-state index in [1.807, 2.05) is 17.5 Å². The summed E-state index contributed by atoms with van der Waals surface area (Å²) in [5.41, 5.74) is 0.570. The maximum atomic E-state index is 11.9. The van der Waals surface area contributed by atoms with Gasteiger partial charge in [0.2, 0.25) is 0 Å². The van der Waals surface area contributed by atoms with Crippen LogP contribution in [0.5, 0.6) is 0 Å². The van der Waals surface area contributed by atoms with Crippen LogP contribution >= 0.6 is 22.9 Å². The second-order valence-electron chi connectivity index (χ2n) is 3.53. The van der Waals surface area contributed by atoms with Crippen molar-refractivity contribution in [2.24, 2.45) is 0 Å². The first kappa shape index (κ1) is 11.9. The molecule has 0 unspecified atom stereocenters. The summed E-state index contributed by atoms with van der Waals surface area (Å²) in [7, 11) is 0. The molecular weight excluding hydrogens is 286 g/mol. The molecule has 0 aromatic carbocycles. The number of aryl methyl sites for hydroxylation is 1. The van der Waals surface area contributed by atoms with Gasteiger partial charge in [0.1, 0.15) is 4.88 Å². The molecule has 3 aromatic rings. The lowest BCUT2D eigenvalue weighted by Gasteiger charge is -1.96. The van der Waals surface area contributed by atoms with Gasteiger partial charge in [-0.3, -0.25) is 10.1 Å². The fourth-order valence-electron chi connectivity index (χ4n) is 1.37. The maximum absolute atomic E-state index is 11.9. The van der Waals surface area contributed by atoms with Gasteiger partial charge in [-0.1, -0.05) is 15.7 Å². The van der Waals surface area contributed by atoms with E-state index in [9.17, 15) is 4.79 Å². The van der Waals surface area contributed by atoms with Crippen molar-refractivity contribution >= 4 is 34.8 Å². The summed E-state index contributed by atoms with van der Waals surface area (Å²) < 4.78 is 9.05. The van der Waals surface area contributed by atoms with Crippen LogP contribution in [-0.2, 0) is 0 Å². The van der Waals surface area contributed by atoms with Gasteiger partial charge in [0.15, 0.2) is 0 Å². The molecule has 0 spiro atoms. The van der Waals surface area contributed by atoms with E-state index in [0.717, 1.165) is 16.4 Å². The average Bonchev–Trinajstić information content (AvgIpc) is 3.07. The third-order valence-corrected chi connectivity index (χ3v) is 3.92. The molecule has 0 saturated carbocycles. The Balaban J connectivity index is 1.78. The van der Waals surface area contributed by atoms with E-state index in [4.69, 9.17) is 4.42 Å². The third-order valence-electron chi connectivity index (χ3n) is 2.24. The number of nitrogens with one attached hydrogen (secondary N) is 1. The molecular formula is C10H7N5O2S2. The van der Waals surface area contributed by atoms with Gasteiger partial charge in [0.25, 0.3) is 11.8 Å². The van der Waals surface area contributed by atoms with Crippen molar-refractivity contribution < 1.29 is 9.21 Å². The molecule has 19 heavy (non-hydrogen) atoms. The minimum absolute atomic E-state index is 0.0567. The molecule has 0 bridgehead atoms. The van der Waals surface area contributed by atoms with E-state index < -0.39 is 0 Å². The van der Waals surface area contributed by atoms with Gasteiger partial charge in [0.05, 0.1) is 10.6 Å². The zero-order valence-corrected chi connectivity index (χ0v) is 11.3. The first-order chi connectivity index (χ1) is 9.24. The maximum Gasteiger partial charge on any atom is 0.322 e. The highest BCUT2D eigenvalue weighted by Crippen LogP contribution is 2.24. The fourth-order valence-corrected chi connectivity index (χ4v) is 2.56. The molecule has 0 atom stereocenters. The summed E-state index contributed by atoms with van der Waals surface area (Å²) >= 11 is 2.50. The summed E-state index contributed by atoms with van der Waals surface area (Å²) in [6.07, 6.45) is 0. The van der Waals surface area contributed by atoms with Crippen molar-refractivity contribution in [1.82, 2.24) is 19.8 Å². The lowest BCUT2D eigenvalue weighted by Crippen LogP contribution is -2.11. The molecule has 3 heterocycles. The van der Waals surface area contributed by atoms with Gasteiger partial charge in [-0.15, -0.1) is 21.5 Å². The molecule has 0 aliphatic rings. The van der Waals surface area contributed by atoms with Crippen LogP contribution < -0.4 is 5.32 Å². The number of nitrogens with zero attached hydrogens (tertiary/aromatic N) is 4. The molecule has 9 heteroatoms. The number of rotatable bonds is 3. The Morgan fingerprint density at radius 2 is 2.26 bits per heavy atom. The van der Waals surface area contributed by atoms with Gasteiger partial charge in [-0.2, -0.15) is 0 Å². The molecule has 3 rings (SSSR count). The Kier molecular flexibility index (Phi) is 3.05. The van der Waals surface area contributed by atoms with Crippen molar-refractivity contribution in [3.63, 3.8) is 0 Å². The molecule has 3 aromatic heterocycles. The van der Waals surface area contributed by atoms with E-state index in [1.54, 1.807) is 6.92 Å². The molecule has 0 radical (unpaired) electrons. The molecule has 0 aliphatic carbocycles. The van der Waals surface area contributed by atoms with E-state index in [1.165, 1.54) is 11.3 Å². The number of thiophene rings is 1. The molecule has 1 amide bonds. The van der Waals surface area contributed by atoms with Crippen LogP contribution in [0.2, 0.25) is 0 Å². The van der Waals surface area contributed by atoms with Crippen molar-refractivity contribution in [2.45, 2.75) is 6.92 Å². The number of hydrogen-bond donors (Lipinski definition) is 1. The Labute approximate surface area is 115 Å². The highest BCUT2D eigenvalue weighted by Gasteiger charge is 2.17. The van der Waals surface area contributed by atoms with Crippen LogP contribution in [0.3, 0.4) is 0 Å². The van der Waals surface area contributed by atoms with Crippen molar-refractivity contribution in [1.29, 1.82) is 0 Å². The van der Waals surface area contributed by atoms with Gasteiger partial charge in [0, 0.05) is 0 Å². The standard InChI is InChI=1S/C10H7N5O2S2/c1-5-7(19-15-12-5)8(16)11-10-14-13-9(17-10)6-3-2-4-18-6/h2-4H,1H3,(H,11,14,16). The Morgan fingerprint density at radius 1 is 1.37 bits per heavy atom. The van der Waals surface area contributed by atoms with Crippen LogP contribution in [0.1, 0.15) is 15.4 Å². The van der Waals surface area contributed by atoms with Crippen molar-refractivity contribution in [2.75, 3.05) is 5.32 Å². The Bertz CT molecular complexity index is 703. The number of hydrogen-bond acceptors (Lipinski definition) is 8. The zero-order chi connectivity index (χ0) is 13.2. The number of carbonyl (C=O) groups excluding carboxylic acids is 1. The zero-order valence-electron chi connectivity index (χ0n) is 9.65. The third kappa shape index (κ3) is 2.37. The molecule has 0 saturated heterocycles. The SMILES string of the molecule is Cc1nnsc1C(=O)Nc1nnc(-c2cccs2)o1. The summed E-state index contributed by atoms with van der Waals surface area (Å²) in [4.78, 5) is 13.2. The lowest BCUT2D eigenvalue weighted by molar-refractivity contribution is 0.102. The highest BCUT2D eigenvalue weighted by atomic mass is 32.1. The predicted molar refractivity (Wildman–Crippen MR) is 70.2 cm³/mol. The van der Waals surface area contributed by atoms with Crippen LogP contribution in [0.15, 0.2) is 21.9 Å². The van der Waals surface area contributed by atoms with Gasteiger partial charge >= 0.3 is 6.01 Å². The van der Waals surface area contributed by atoms with Crippen molar-refractivity contribution in [3.8, 4) is 10.8 Å². The monoisotopic (exact) mass is 293 g/mol. The topological polar surface area (TPSA) is 93.8 Å². The average molecular weight is 293 g/mol. The Hall–Kier alpha value is -2.13. The largest absolute Gasteiger partial charge is 0.402 e. The molecule has 0 aliphatic heterocycles. The fraction of sp³-hybridized carbons (Fsp3) is 0.100. The first-order valence-electron chi connectivity index (χ1n) is 5.22. The quantitative estimate of drug-likeness (QED) is 0.795. The lowest BCUT2D eigenvalue weighted by atomic mass is 10.4. The summed E-state index contributed by atoms with van der Waals surface area (Å²) in [6.45, 7) is 1.71. The molecule has 7 nitrogen and oxygen atoms in total. The predicted octanol–water partition coefficient (Wildman–Crippen LogP) is 2.21. The van der Waals surface area contributed by atoms with Gasteiger partial charge in [-0.05, 0) is 29.9 Å². The van der Waals surface area contributed by atoms with Crippen molar-refractivity contribution in [3.05, 3.63) is 28.1 Å². The van der Waals surface area contributed by atoms with Crippen LogP contribution in [0.4, 0.5) is 6.01 Å². The van der Waals surface area contributed by atoms with E-state index in [-0.39, 0.29) is 11.9 Å². The summed E-state index contributed by atoms with van der Waals surface area (Å²) in [6, 6.07) is 3.80. The van der Waals surface area contributed by atoms with Crippen LogP contribution in [0, 0.1) is 6.92 Å². The van der Waals surface area contributed by atoms with Gasteiger partial charge in [-0.25, -0.2) is 0 Å². The Morgan fingerprint density at radius 3 is 2.95 bits per heavy atom. The number of anilines is 1. The number of amides is 1. The van der Waals surface area contributed by atoms with E-state index >= 15 is 0 Å². The van der Waals surface area contributed by atoms with Crippen LogP contribution in [-0.4, -0.2) is 25.7 Å². The van der Waals surface area contributed by atoms with Gasteiger partial charge < -0.3 is 4.42 Å². The minimum Gasteiger partial charge on any atom is -0.402 e. The highest BCUT2D eigenvalue weighted by molar-refractivity contribution is 7.13. The van der Waals surface area contributed by atoms with E-state index in [2.05, 4.69) is 25.1 Å². The number of carbonyl (C=O) groups is 1. The summed E-state index contributed by atoms with van der Waals surface area (Å²) in [5.74, 6) is 0.0262. The van der Waals surface area contributed by atoms with Crippen LogP contribution in [0.25, 0.3) is 10.8 Å². The summed E-state index contributed by atoms with van der Waals surface area (Å²) in [5, 5.41) is 15.8. The first-order valence-corrected chi connectivity index (χ1v) is 6.87. The number of aromatic nitrogens is 4.